The summed E-state index contributed by atoms with van der Waals surface area (Å²) in [6.45, 7) is 0. The van der Waals surface area contributed by atoms with Crippen molar-refractivity contribution < 1.29 is 4.74 Å². The highest BCUT2D eigenvalue weighted by Crippen LogP contribution is 2.09. The Hall–Kier alpha value is -1.95. The fourth-order valence-corrected chi connectivity index (χ4v) is 1.29. The number of ether oxygens (including phenoxy) is 1. The number of benzene rings is 1. The van der Waals surface area contributed by atoms with Crippen LogP contribution in [-0.4, -0.2) is 28.2 Å². The first-order valence-corrected chi connectivity index (χ1v) is 5.01. The quantitative estimate of drug-likeness (QED) is 0.651. The zero-order valence-electron chi connectivity index (χ0n) is 8.62. The first-order chi connectivity index (χ1) is 7.79. The normalized spacial score (nSPS) is 10.8. The van der Waals surface area contributed by atoms with Gasteiger partial charge in [0.25, 0.3) is 0 Å². The average Bonchev–Trinajstić information content (AvgIpc) is 2.73. The number of nitrogens with one attached hydrogen (secondary N) is 1. The SMILES string of the molecule is COc1ccc(C=Nn2cn[nH]c2=S)cc1. The minimum absolute atomic E-state index is 0.463. The average molecular weight is 234 g/mol. The van der Waals surface area contributed by atoms with Gasteiger partial charge in [-0.05, 0) is 42.0 Å². The Bertz CT molecular complexity index is 540. The Morgan fingerprint density at radius 2 is 2.19 bits per heavy atom. The van der Waals surface area contributed by atoms with Gasteiger partial charge < -0.3 is 4.74 Å². The van der Waals surface area contributed by atoms with Crippen LogP contribution in [0.1, 0.15) is 5.56 Å². The number of hydrogen-bond donors (Lipinski definition) is 1. The Kier molecular flexibility index (Phi) is 3.11. The predicted molar refractivity (Wildman–Crippen MR) is 63.4 cm³/mol. The highest BCUT2D eigenvalue weighted by Gasteiger charge is 1.92. The van der Waals surface area contributed by atoms with Gasteiger partial charge in [-0.25, -0.2) is 0 Å². The molecule has 0 saturated carbocycles. The van der Waals surface area contributed by atoms with Crippen LogP contribution in [0, 0.1) is 4.77 Å². The lowest BCUT2D eigenvalue weighted by atomic mass is 10.2. The van der Waals surface area contributed by atoms with Gasteiger partial charge in [0.2, 0.25) is 4.77 Å². The smallest absolute Gasteiger partial charge is 0.216 e. The monoisotopic (exact) mass is 234 g/mol. The summed E-state index contributed by atoms with van der Waals surface area (Å²) in [6.07, 6.45) is 3.22. The number of nitrogens with zero attached hydrogens (tertiary/aromatic N) is 3. The van der Waals surface area contributed by atoms with Crippen molar-refractivity contribution >= 4 is 18.4 Å². The Morgan fingerprint density at radius 1 is 1.44 bits per heavy atom. The summed E-state index contributed by atoms with van der Waals surface area (Å²) in [5, 5.41) is 10.5. The molecule has 6 heteroatoms. The van der Waals surface area contributed by atoms with Gasteiger partial charge in [0.1, 0.15) is 12.1 Å². The van der Waals surface area contributed by atoms with Gasteiger partial charge in [0.05, 0.1) is 13.3 Å². The Morgan fingerprint density at radius 3 is 2.75 bits per heavy atom. The van der Waals surface area contributed by atoms with Crippen molar-refractivity contribution in [2.75, 3.05) is 7.11 Å². The predicted octanol–water partition coefficient (Wildman–Crippen LogP) is 1.83. The molecule has 0 aliphatic rings. The first-order valence-electron chi connectivity index (χ1n) is 4.60. The van der Waals surface area contributed by atoms with Crippen molar-refractivity contribution in [2.45, 2.75) is 0 Å². The molecule has 0 amide bonds. The summed E-state index contributed by atoms with van der Waals surface area (Å²) in [5.41, 5.74) is 0.962. The molecule has 0 unspecified atom stereocenters. The lowest BCUT2D eigenvalue weighted by Crippen LogP contribution is -1.89. The van der Waals surface area contributed by atoms with E-state index in [9.17, 15) is 0 Å². The van der Waals surface area contributed by atoms with Crippen LogP contribution in [-0.2, 0) is 0 Å². The third-order valence-corrected chi connectivity index (χ3v) is 2.26. The van der Waals surface area contributed by atoms with Gasteiger partial charge in [-0.2, -0.15) is 14.9 Å². The first kappa shape index (κ1) is 10.6. The van der Waals surface area contributed by atoms with Gasteiger partial charge in [-0.1, -0.05) is 0 Å². The molecule has 1 aromatic heterocycles. The number of aromatic nitrogens is 3. The van der Waals surface area contributed by atoms with E-state index in [4.69, 9.17) is 17.0 Å². The second kappa shape index (κ2) is 4.71. The molecule has 1 N–H and O–H groups in total. The van der Waals surface area contributed by atoms with E-state index >= 15 is 0 Å². The van der Waals surface area contributed by atoms with Crippen molar-refractivity contribution in [3.63, 3.8) is 0 Å². The lowest BCUT2D eigenvalue weighted by Gasteiger charge is -1.98. The van der Waals surface area contributed by atoms with Crippen molar-refractivity contribution in [3.8, 4) is 5.75 Å². The Balaban J connectivity index is 2.18. The molecule has 0 aliphatic heterocycles. The third kappa shape index (κ3) is 2.34. The van der Waals surface area contributed by atoms with Crippen molar-refractivity contribution in [3.05, 3.63) is 40.9 Å². The van der Waals surface area contributed by atoms with Gasteiger partial charge in [-0.15, -0.1) is 0 Å². The molecule has 0 spiro atoms. The molecule has 16 heavy (non-hydrogen) atoms. The van der Waals surface area contributed by atoms with Crippen molar-refractivity contribution in [1.82, 2.24) is 14.9 Å². The molecule has 0 radical (unpaired) electrons. The highest BCUT2D eigenvalue weighted by molar-refractivity contribution is 7.71. The largest absolute Gasteiger partial charge is 0.497 e. The number of aromatic amines is 1. The molecule has 0 atom stereocenters. The van der Waals surface area contributed by atoms with Gasteiger partial charge in [0, 0.05) is 0 Å². The van der Waals surface area contributed by atoms with E-state index < -0.39 is 0 Å². The fourth-order valence-electron chi connectivity index (χ4n) is 1.14. The minimum atomic E-state index is 0.463. The molecule has 2 aromatic rings. The van der Waals surface area contributed by atoms with E-state index in [1.165, 1.54) is 11.0 Å². The molecule has 2 rings (SSSR count). The summed E-state index contributed by atoms with van der Waals surface area (Å²) in [7, 11) is 1.63. The highest BCUT2D eigenvalue weighted by atomic mass is 32.1. The molecule has 1 aromatic carbocycles. The maximum Gasteiger partial charge on any atom is 0.216 e. The van der Waals surface area contributed by atoms with E-state index in [2.05, 4.69) is 15.3 Å². The summed E-state index contributed by atoms with van der Waals surface area (Å²) < 4.78 is 7.01. The van der Waals surface area contributed by atoms with Crippen LogP contribution in [0.25, 0.3) is 0 Å². The number of methoxy groups -OCH3 is 1. The second-order valence-electron chi connectivity index (χ2n) is 3.02. The topological polar surface area (TPSA) is 55.2 Å². The van der Waals surface area contributed by atoms with Crippen molar-refractivity contribution in [2.24, 2.45) is 5.10 Å². The molecule has 5 nitrogen and oxygen atoms in total. The molecule has 0 bridgehead atoms. The molecule has 1 heterocycles. The number of H-pyrrole nitrogens is 1. The summed E-state index contributed by atoms with van der Waals surface area (Å²) in [6, 6.07) is 7.56. The van der Waals surface area contributed by atoms with E-state index in [0.29, 0.717) is 4.77 Å². The summed E-state index contributed by atoms with van der Waals surface area (Å²) in [5.74, 6) is 0.817. The van der Waals surface area contributed by atoms with E-state index in [0.717, 1.165) is 11.3 Å². The molecular weight excluding hydrogens is 224 g/mol. The standard InChI is InChI=1S/C10H10N4OS/c1-15-9-4-2-8(3-5-9)6-12-14-7-11-13-10(14)16/h2-7H,1H3,(H,13,16). The van der Waals surface area contributed by atoms with Crippen LogP contribution in [0.5, 0.6) is 5.75 Å². The molecule has 0 fully saturated rings. The number of rotatable bonds is 3. The van der Waals surface area contributed by atoms with Crippen LogP contribution in [0.2, 0.25) is 0 Å². The zero-order chi connectivity index (χ0) is 11.4. The molecule has 82 valence electrons. The maximum atomic E-state index is 5.06. The van der Waals surface area contributed by atoms with Crippen molar-refractivity contribution in [1.29, 1.82) is 0 Å². The van der Waals surface area contributed by atoms with Gasteiger partial charge in [-0.3, -0.25) is 5.10 Å². The minimum Gasteiger partial charge on any atom is -0.497 e. The molecule has 0 saturated heterocycles. The second-order valence-corrected chi connectivity index (χ2v) is 3.41. The van der Waals surface area contributed by atoms with Crippen LogP contribution in [0.3, 0.4) is 0 Å². The van der Waals surface area contributed by atoms with Crippen LogP contribution < -0.4 is 4.74 Å². The maximum absolute atomic E-state index is 5.06. The summed E-state index contributed by atoms with van der Waals surface area (Å²) in [4.78, 5) is 0. The van der Waals surface area contributed by atoms with E-state index in [-0.39, 0.29) is 0 Å². The van der Waals surface area contributed by atoms with Crippen LogP contribution in [0.15, 0.2) is 35.7 Å². The van der Waals surface area contributed by atoms with Crippen LogP contribution in [0.4, 0.5) is 0 Å². The fraction of sp³-hybridized carbons (Fsp3) is 0.100. The van der Waals surface area contributed by atoms with Gasteiger partial charge in [0.15, 0.2) is 0 Å². The van der Waals surface area contributed by atoms with Crippen LogP contribution >= 0.6 is 12.2 Å². The molecule has 0 aliphatic carbocycles. The lowest BCUT2D eigenvalue weighted by molar-refractivity contribution is 0.415. The van der Waals surface area contributed by atoms with E-state index in [1.807, 2.05) is 24.3 Å². The Labute approximate surface area is 97.4 Å². The number of hydrogen-bond acceptors (Lipinski definition) is 4. The zero-order valence-corrected chi connectivity index (χ0v) is 9.44. The third-order valence-electron chi connectivity index (χ3n) is 1.98. The van der Waals surface area contributed by atoms with E-state index in [1.54, 1.807) is 13.3 Å². The van der Waals surface area contributed by atoms with Gasteiger partial charge >= 0.3 is 0 Å². The molecular formula is C10H10N4OS. The summed E-state index contributed by atoms with van der Waals surface area (Å²) >= 11 is 4.95.